The molecule has 0 saturated heterocycles. The Bertz CT molecular complexity index is 585. The fourth-order valence-electron chi connectivity index (χ4n) is 3.18. The standard InChI is InChI=1S/C14H13BrN2O3/c15-9-3-4-10(16-6-9)17-13(18)11-7-1-2-8(5-7)12(11)14(19)20/h1-4,6-8,11-12H,5H2,(H,19,20)(H,16,17,18)/t7?,8?,11-,12+/m0/s1. The highest BCUT2D eigenvalue weighted by Crippen LogP contribution is 2.48. The summed E-state index contributed by atoms with van der Waals surface area (Å²) in [5.41, 5.74) is 0. The minimum Gasteiger partial charge on any atom is -0.481 e. The van der Waals surface area contributed by atoms with E-state index in [2.05, 4.69) is 26.2 Å². The zero-order valence-corrected chi connectivity index (χ0v) is 12.1. The summed E-state index contributed by atoms with van der Waals surface area (Å²) in [6.45, 7) is 0. The smallest absolute Gasteiger partial charge is 0.307 e. The summed E-state index contributed by atoms with van der Waals surface area (Å²) in [5, 5.41) is 12.0. The molecule has 2 aliphatic carbocycles. The number of aromatic nitrogens is 1. The topological polar surface area (TPSA) is 79.3 Å². The lowest BCUT2D eigenvalue weighted by atomic mass is 9.82. The van der Waals surface area contributed by atoms with Crippen molar-refractivity contribution in [2.75, 3.05) is 5.32 Å². The highest BCUT2D eigenvalue weighted by molar-refractivity contribution is 9.10. The number of allylic oxidation sites excluding steroid dienone is 2. The second-order valence-corrected chi connectivity index (χ2v) is 6.10. The first-order chi connectivity index (χ1) is 9.56. The Balaban J connectivity index is 1.78. The first-order valence-electron chi connectivity index (χ1n) is 6.40. The Morgan fingerprint density at radius 1 is 1.25 bits per heavy atom. The molecule has 0 spiro atoms. The number of nitrogens with zero attached hydrogens (tertiary/aromatic N) is 1. The molecular formula is C14H13BrN2O3. The number of carboxylic acid groups (broad SMARTS) is 1. The highest BCUT2D eigenvalue weighted by atomic mass is 79.9. The summed E-state index contributed by atoms with van der Waals surface area (Å²) in [5.74, 6) is -1.85. The molecule has 0 aromatic carbocycles. The van der Waals surface area contributed by atoms with Crippen LogP contribution in [0.4, 0.5) is 5.82 Å². The van der Waals surface area contributed by atoms with Crippen LogP contribution in [0.2, 0.25) is 0 Å². The number of carboxylic acids is 1. The molecule has 1 saturated carbocycles. The van der Waals surface area contributed by atoms with Gasteiger partial charge in [-0.3, -0.25) is 9.59 Å². The van der Waals surface area contributed by atoms with Crippen LogP contribution < -0.4 is 5.32 Å². The molecule has 1 fully saturated rings. The van der Waals surface area contributed by atoms with Gasteiger partial charge in [-0.05, 0) is 46.3 Å². The second kappa shape index (κ2) is 5.01. The number of halogens is 1. The molecule has 0 radical (unpaired) electrons. The van der Waals surface area contributed by atoms with Gasteiger partial charge in [0.1, 0.15) is 5.82 Å². The summed E-state index contributed by atoms with van der Waals surface area (Å²) in [6, 6.07) is 3.46. The van der Waals surface area contributed by atoms with E-state index in [0.29, 0.717) is 5.82 Å². The van der Waals surface area contributed by atoms with Gasteiger partial charge >= 0.3 is 5.97 Å². The first-order valence-corrected chi connectivity index (χ1v) is 7.19. The van der Waals surface area contributed by atoms with Crippen molar-refractivity contribution < 1.29 is 14.7 Å². The van der Waals surface area contributed by atoms with Gasteiger partial charge in [-0.15, -0.1) is 0 Å². The fourth-order valence-corrected chi connectivity index (χ4v) is 3.41. The molecule has 1 heterocycles. The minimum atomic E-state index is -0.897. The average Bonchev–Trinajstić information content (AvgIpc) is 3.01. The van der Waals surface area contributed by atoms with E-state index in [4.69, 9.17) is 0 Å². The van der Waals surface area contributed by atoms with Gasteiger partial charge < -0.3 is 10.4 Å². The zero-order chi connectivity index (χ0) is 14.3. The van der Waals surface area contributed by atoms with E-state index in [1.165, 1.54) is 0 Å². The van der Waals surface area contributed by atoms with Crippen LogP contribution in [-0.4, -0.2) is 22.0 Å². The molecule has 1 amide bonds. The van der Waals surface area contributed by atoms with E-state index >= 15 is 0 Å². The van der Waals surface area contributed by atoms with Crippen LogP contribution in [0.3, 0.4) is 0 Å². The number of amides is 1. The van der Waals surface area contributed by atoms with Gasteiger partial charge in [0, 0.05) is 10.7 Å². The normalized spacial score (nSPS) is 30.4. The number of aliphatic carboxylic acids is 1. The summed E-state index contributed by atoms with van der Waals surface area (Å²) >= 11 is 3.27. The molecule has 2 bridgehead atoms. The summed E-state index contributed by atoms with van der Waals surface area (Å²) in [6.07, 6.45) is 6.22. The van der Waals surface area contributed by atoms with E-state index in [0.717, 1.165) is 10.9 Å². The van der Waals surface area contributed by atoms with Gasteiger partial charge in [0.25, 0.3) is 0 Å². The molecule has 1 aromatic rings. The van der Waals surface area contributed by atoms with Crippen LogP contribution in [0, 0.1) is 23.7 Å². The molecular weight excluding hydrogens is 324 g/mol. The number of carbonyl (C=O) groups excluding carboxylic acids is 1. The second-order valence-electron chi connectivity index (χ2n) is 5.19. The van der Waals surface area contributed by atoms with E-state index in [1.54, 1.807) is 18.3 Å². The lowest BCUT2D eigenvalue weighted by Gasteiger charge is -2.23. The number of hydrogen-bond acceptors (Lipinski definition) is 3. The van der Waals surface area contributed by atoms with Crippen molar-refractivity contribution in [3.8, 4) is 0 Å². The maximum Gasteiger partial charge on any atom is 0.307 e. The first kappa shape index (κ1) is 13.3. The Morgan fingerprint density at radius 3 is 2.55 bits per heavy atom. The molecule has 0 aliphatic heterocycles. The number of fused-ring (bicyclic) bond motifs is 2. The monoisotopic (exact) mass is 336 g/mol. The van der Waals surface area contributed by atoms with Crippen molar-refractivity contribution >= 4 is 33.6 Å². The molecule has 2 aliphatic rings. The number of anilines is 1. The molecule has 5 nitrogen and oxygen atoms in total. The Hall–Kier alpha value is -1.69. The van der Waals surface area contributed by atoms with Gasteiger partial charge in [-0.2, -0.15) is 0 Å². The van der Waals surface area contributed by atoms with Crippen LogP contribution in [0.15, 0.2) is 35.0 Å². The summed E-state index contributed by atoms with van der Waals surface area (Å²) in [7, 11) is 0. The molecule has 4 atom stereocenters. The highest BCUT2D eigenvalue weighted by Gasteiger charge is 2.51. The number of carbonyl (C=O) groups is 2. The molecule has 2 unspecified atom stereocenters. The average molecular weight is 337 g/mol. The molecule has 3 rings (SSSR count). The third kappa shape index (κ3) is 2.24. The van der Waals surface area contributed by atoms with E-state index < -0.39 is 17.8 Å². The van der Waals surface area contributed by atoms with Gasteiger partial charge in [0.15, 0.2) is 0 Å². The van der Waals surface area contributed by atoms with Crippen LogP contribution in [0.5, 0.6) is 0 Å². The van der Waals surface area contributed by atoms with Crippen LogP contribution in [-0.2, 0) is 9.59 Å². The van der Waals surface area contributed by atoms with Crippen LogP contribution >= 0.6 is 15.9 Å². The van der Waals surface area contributed by atoms with Crippen LogP contribution in [0.25, 0.3) is 0 Å². The van der Waals surface area contributed by atoms with Gasteiger partial charge in [0.2, 0.25) is 5.91 Å². The predicted molar refractivity (Wildman–Crippen MR) is 75.9 cm³/mol. The summed E-state index contributed by atoms with van der Waals surface area (Å²) in [4.78, 5) is 27.8. The van der Waals surface area contributed by atoms with Crippen molar-refractivity contribution in [2.24, 2.45) is 23.7 Å². The minimum absolute atomic E-state index is 0.0221. The lowest BCUT2D eigenvalue weighted by Crippen LogP contribution is -2.36. The van der Waals surface area contributed by atoms with Crippen molar-refractivity contribution in [3.63, 3.8) is 0 Å². The molecule has 6 heteroatoms. The van der Waals surface area contributed by atoms with Crippen molar-refractivity contribution in [1.82, 2.24) is 4.98 Å². The predicted octanol–water partition coefficient (Wildman–Crippen LogP) is 2.31. The maximum absolute atomic E-state index is 12.3. The van der Waals surface area contributed by atoms with E-state index in [9.17, 15) is 14.7 Å². The van der Waals surface area contributed by atoms with Crippen molar-refractivity contribution in [3.05, 3.63) is 35.0 Å². The number of hydrogen-bond donors (Lipinski definition) is 2. The molecule has 104 valence electrons. The molecule has 1 aromatic heterocycles. The lowest BCUT2D eigenvalue weighted by molar-refractivity contribution is -0.146. The third-order valence-electron chi connectivity index (χ3n) is 4.03. The SMILES string of the molecule is O=C(O)[C@@H]1C2C=CC(C2)[C@@H]1C(=O)Nc1ccc(Br)cn1. The van der Waals surface area contributed by atoms with Gasteiger partial charge in [-0.25, -0.2) is 4.98 Å². The Labute approximate surface area is 124 Å². The zero-order valence-electron chi connectivity index (χ0n) is 10.5. The number of nitrogens with one attached hydrogen (secondary N) is 1. The van der Waals surface area contributed by atoms with Crippen LogP contribution in [0.1, 0.15) is 6.42 Å². The number of pyridine rings is 1. The van der Waals surface area contributed by atoms with E-state index in [1.807, 2.05) is 12.2 Å². The van der Waals surface area contributed by atoms with Gasteiger partial charge in [-0.1, -0.05) is 12.2 Å². The van der Waals surface area contributed by atoms with E-state index in [-0.39, 0.29) is 17.7 Å². The quantitative estimate of drug-likeness (QED) is 0.830. The number of rotatable bonds is 3. The van der Waals surface area contributed by atoms with Gasteiger partial charge in [0.05, 0.1) is 11.8 Å². The van der Waals surface area contributed by atoms with Crippen molar-refractivity contribution in [1.29, 1.82) is 0 Å². The third-order valence-corrected chi connectivity index (χ3v) is 4.49. The molecule has 2 N–H and O–H groups in total. The Morgan fingerprint density at radius 2 is 1.95 bits per heavy atom. The largest absolute Gasteiger partial charge is 0.481 e. The summed E-state index contributed by atoms with van der Waals surface area (Å²) < 4.78 is 0.821. The fraction of sp³-hybridized carbons (Fsp3) is 0.357. The maximum atomic E-state index is 12.3. The Kier molecular flexibility index (Phi) is 3.33. The molecule has 20 heavy (non-hydrogen) atoms. The van der Waals surface area contributed by atoms with Crippen molar-refractivity contribution in [2.45, 2.75) is 6.42 Å².